The summed E-state index contributed by atoms with van der Waals surface area (Å²) in [6.07, 6.45) is 4.37. The molecule has 0 aliphatic heterocycles. The van der Waals surface area contributed by atoms with Crippen LogP contribution < -0.4 is 11.1 Å². The molecule has 1 aliphatic carbocycles. The van der Waals surface area contributed by atoms with E-state index in [-0.39, 0.29) is 18.3 Å². The Bertz CT molecular complexity index is 842. The minimum atomic E-state index is -0.121. The van der Waals surface area contributed by atoms with E-state index in [1.807, 2.05) is 54.6 Å². The van der Waals surface area contributed by atoms with E-state index in [2.05, 4.69) is 5.32 Å². The predicted molar refractivity (Wildman–Crippen MR) is 101 cm³/mol. The molecule has 3 N–H and O–H groups in total. The molecule has 1 amide bonds. The molecule has 25 heavy (non-hydrogen) atoms. The van der Waals surface area contributed by atoms with Crippen molar-refractivity contribution in [2.24, 2.45) is 5.73 Å². The lowest BCUT2D eigenvalue weighted by Gasteiger charge is -2.07. The third-order valence-corrected chi connectivity index (χ3v) is 4.44. The molecule has 1 aliphatic rings. The fraction of sp³-hybridized carbons (Fsp3) is 0.150. The second-order valence-corrected chi connectivity index (χ2v) is 6.17. The van der Waals surface area contributed by atoms with E-state index >= 15 is 0 Å². The highest BCUT2D eigenvalue weighted by Gasteiger charge is 2.34. The number of nitrogens with one attached hydrogen (secondary N) is 1. The van der Waals surface area contributed by atoms with Crippen molar-refractivity contribution in [3.8, 4) is 11.1 Å². The Morgan fingerprint density at radius 1 is 1.00 bits per heavy atom. The summed E-state index contributed by atoms with van der Waals surface area (Å²) in [5.41, 5.74) is 10.5. The summed E-state index contributed by atoms with van der Waals surface area (Å²) in [5, 5.41) is 2.92. The van der Waals surface area contributed by atoms with Crippen LogP contribution >= 0.6 is 12.4 Å². The van der Waals surface area contributed by atoms with E-state index in [4.69, 9.17) is 10.2 Å². The number of hydrogen-bond donors (Lipinski definition) is 2. The second-order valence-electron chi connectivity index (χ2n) is 6.17. The maximum Gasteiger partial charge on any atom is 0.255 e. The average Bonchev–Trinajstić information content (AvgIpc) is 3.11. The lowest BCUT2D eigenvalue weighted by atomic mass is 10.1. The number of amides is 1. The molecule has 4 nitrogen and oxygen atoms in total. The van der Waals surface area contributed by atoms with Gasteiger partial charge in [0, 0.05) is 28.8 Å². The second kappa shape index (κ2) is 7.13. The molecule has 2 atom stereocenters. The third-order valence-electron chi connectivity index (χ3n) is 4.44. The highest BCUT2D eigenvalue weighted by Crippen LogP contribution is 2.39. The van der Waals surface area contributed by atoms with Gasteiger partial charge >= 0.3 is 0 Å². The summed E-state index contributed by atoms with van der Waals surface area (Å²) in [4.78, 5) is 12.3. The van der Waals surface area contributed by atoms with Crippen LogP contribution in [0, 0.1) is 0 Å². The van der Waals surface area contributed by atoms with Crippen molar-refractivity contribution in [2.45, 2.75) is 18.4 Å². The maximum absolute atomic E-state index is 12.3. The lowest BCUT2D eigenvalue weighted by Crippen LogP contribution is -2.11. The summed E-state index contributed by atoms with van der Waals surface area (Å²) in [6.45, 7) is 0. The van der Waals surface area contributed by atoms with Crippen molar-refractivity contribution in [1.29, 1.82) is 0 Å². The molecule has 5 heteroatoms. The SMILES string of the molecule is Cl.N[C@@H]1C[C@H]1c1ccc(NC(=O)c2ccc(-c3ccoc3)cc2)cc1. The van der Waals surface area contributed by atoms with Gasteiger partial charge in [-0.05, 0) is 47.9 Å². The molecule has 0 unspecified atom stereocenters. The summed E-state index contributed by atoms with van der Waals surface area (Å²) in [5.74, 6) is 0.356. The van der Waals surface area contributed by atoms with Crippen molar-refractivity contribution >= 4 is 24.0 Å². The highest BCUT2D eigenvalue weighted by atomic mass is 35.5. The van der Waals surface area contributed by atoms with Crippen molar-refractivity contribution in [3.63, 3.8) is 0 Å². The van der Waals surface area contributed by atoms with Crippen LogP contribution in [-0.2, 0) is 0 Å². The van der Waals surface area contributed by atoms with E-state index < -0.39 is 0 Å². The minimum Gasteiger partial charge on any atom is -0.472 e. The van der Waals surface area contributed by atoms with Crippen LogP contribution in [0.4, 0.5) is 5.69 Å². The van der Waals surface area contributed by atoms with Gasteiger partial charge in [0.25, 0.3) is 5.91 Å². The van der Waals surface area contributed by atoms with Crippen LogP contribution in [0.2, 0.25) is 0 Å². The quantitative estimate of drug-likeness (QED) is 0.728. The summed E-state index contributed by atoms with van der Waals surface area (Å²) in [7, 11) is 0. The van der Waals surface area contributed by atoms with Gasteiger partial charge in [-0.2, -0.15) is 0 Å². The lowest BCUT2D eigenvalue weighted by molar-refractivity contribution is 0.102. The first kappa shape index (κ1) is 17.3. The Kier molecular flexibility index (Phi) is 4.93. The van der Waals surface area contributed by atoms with Gasteiger partial charge in [0.15, 0.2) is 0 Å². The van der Waals surface area contributed by atoms with Gasteiger partial charge in [0.05, 0.1) is 12.5 Å². The number of carbonyl (C=O) groups excluding carboxylic acids is 1. The van der Waals surface area contributed by atoms with Gasteiger partial charge in [-0.1, -0.05) is 24.3 Å². The standard InChI is InChI=1S/C20H18N2O2.ClH/c21-19-11-18(19)14-5-7-17(8-6-14)22-20(23)15-3-1-13(2-4-15)16-9-10-24-12-16;/h1-10,12,18-19H,11,21H2,(H,22,23);1H/t18-,19+;/m0./s1. The minimum absolute atomic E-state index is 0. The van der Waals surface area contributed by atoms with Crippen LogP contribution in [0.5, 0.6) is 0 Å². The van der Waals surface area contributed by atoms with Crippen LogP contribution in [0.1, 0.15) is 28.3 Å². The number of halogens is 1. The number of nitrogens with two attached hydrogens (primary N) is 1. The number of anilines is 1. The zero-order chi connectivity index (χ0) is 16.5. The van der Waals surface area contributed by atoms with E-state index in [0.29, 0.717) is 17.5 Å². The van der Waals surface area contributed by atoms with Gasteiger partial charge in [0.1, 0.15) is 0 Å². The molecule has 4 rings (SSSR count). The van der Waals surface area contributed by atoms with Crippen LogP contribution in [-0.4, -0.2) is 11.9 Å². The molecule has 0 saturated heterocycles. The van der Waals surface area contributed by atoms with Crippen molar-refractivity contribution in [3.05, 3.63) is 78.3 Å². The van der Waals surface area contributed by atoms with E-state index in [0.717, 1.165) is 23.2 Å². The van der Waals surface area contributed by atoms with Crippen LogP contribution in [0.25, 0.3) is 11.1 Å². The fourth-order valence-electron chi connectivity index (χ4n) is 2.86. The van der Waals surface area contributed by atoms with Crippen LogP contribution in [0.15, 0.2) is 71.5 Å². The topological polar surface area (TPSA) is 68.3 Å². The first-order chi connectivity index (χ1) is 11.7. The summed E-state index contributed by atoms with van der Waals surface area (Å²) >= 11 is 0. The first-order valence-corrected chi connectivity index (χ1v) is 8.00. The first-order valence-electron chi connectivity index (χ1n) is 8.00. The van der Waals surface area contributed by atoms with Gasteiger partial charge < -0.3 is 15.5 Å². The molecule has 3 aromatic rings. The van der Waals surface area contributed by atoms with Crippen molar-refractivity contribution in [1.82, 2.24) is 0 Å². The van der Waals surface area contributed by atoms with Crippen molar-refractivity contribution in [2.75, 3.05) is 5.32 Å². The summed E-state index contributed by atoms with van der Waals surface area (Å²) in [6, 6.07) is 17.6. The molecular weight excluding hydrogens is 336 g/mol. The molecule has 1 aromatic heterocycles. The third kappa shape index (κ3) is 3.76. The predicted octanol–water partition coefficient (Wildman–Crippen LogP) is 4.44. The molecule has 1 heterocycles. The smallest absolute Gasteiger partial charge is 0.255 e. The van der Waals surface area contributed by atoms with Gasteiger partial charge in [-0.25, -0.2) is 0 Å². The molecule has 1 fully saturated rings. The van der Waals surface area contributed by atoms with Gasteiger partial charge in [-0.3, -0.25) is 4.79 Å². The molecular formula is C20H19ClN2O2. The Morgan fingerprint density at radius 3 is 2.24 bits per heavy atom. The number of benzene rings is 2. The molecule has 1 saturated carbocycles. The Hall–Kier alpha value is -2.56. The largest absolute Gasteiger partial charge is 0.472 e. The van der Waals surface area contributed by atoms with Crippen LogP contribution in [0.3, 0.4) is 0 Å². The molecule has 0 radical (unpaired) electrons. The summed E-state index contributed by atoms with van der Waals surface area (Å²) < 4.78 is 5.08. The normalized spacial score (nSPS) is 18.3. The Morgan fingerprint density at radius 2 is 1.68 bits per heavy atom. The fourth-order valence-corrected chi connectivity index (χ4v) is 2.86. The molecule has 128 valence electrons. The van der Waals surface area contributed by atoms with E-state index in [9.17, 15) is 4.79 Å². The van der Waals surface area contributed by atoms with Gasteiger partial charge in [-0.15, -0.1) is 12.4 Å². The van der Waals surface area contributed by atoms with E-state index in [1.54, 1.807) is 12.5 Å². The monoisotopic (exact) mass is 354 g/mol. The number of hydrogen-bond acceptors (Lipinski definition) is 3. The zero-order valence-corrected chi connectivity index (χ0v) is 14.3. The Labute approximate surface area is 152 Å². The highest BCUT2D eigenvalue weighted by molar-refractivity contribution is 6.04. The van der Waals surface area contributed by atoms with E-state index in [1.165, 1.54) is 5.56 Å². The van der Waals surface area contributed by atoms with Gasteiger partial charge in [0.2, 0.25) is 0 Å². The average molecular weight is 355 g/mol. The number of carbonyl (C=O) groups is 1. The van der Waals surface area contributed by atoms with Crippen molar-refractivity contribution < 1.29 is 9.21 Å². The zero-order valence-electron chi connectivity index (χ0n) is 13.5. The molecule has 0 bridgehead atoms. The Balaban J connectivity index is 0.00000182. The number of rotatable bonds is 4. The maximum atomic E-state index is 12.3. The molecule has 0 spiro atoms. The number of furan rings is 1. The molecule has 2 aromatic carbocycles.